The van der Waals surface area contributed by atoms with Crippen LogP contribution in [0.1, 0.15) is 50.0 Å². The molecule has 2 saturated carbocycles. The first-order valence-corrected chi connectivity index (χ1v) is 6.93. The summed E-state index contributed by atoms with van der Waals surface area (Å²) in [6.45, 7) is 0. The molecule has 0 N–H and O–H groups in total. The van der Waals surface area contributed by atoms with Crippen LogP contribution in [0.25, 0.3) is 0 Å². The quantitative estimate of drug-likeness (QED) is 0.765. The minimum Gasteiger partial charge on any atom is -0.474 e. The molecule has 0 amide bonds. The average Bonchev–Trinajstić information content (AvgIpc) is 3.25. The monoisotopic (exact) mass is 245 g/mol. The van der Waals surface area contributed by atoms with E-state index in [9.17, 15) is 4.79 Å². The fourth-order valence-corrected chi connectivity index (χ4v) is 2.63. The maximum absolute atomic E-state index is 10.7. The van der Waals surface area contributed by atoms with E-state index in [0.29, 0.717) is 0 Å². The summed E-state index contributed by atoms with van der Waals surface area (Å²) in [7, 11) is 0. The number of carbonyl (C=O) groups excluding carboxylic acids is 1. The second-order valence-corrected chi connectivity index (χ2v) is 5.49. The van der Waals surface area contributed by atoms with Crippen molar-refractivity contribution in [3.8, 4) is 5.88 Å². The lowest BCUT2D eigenvalue weighted by Gasteiger charge is -2.25. The van der Waals surface area contributed by atoms with E-state index in [1.807, 2.05) is 12.3 Å². The van der Waals surface area contributed by atoms with E-state index in [-0.39, 0.29) is 12.0 Å². The summed E-state index contributed by atoms with van der Waals surface area (Å²) >= 11 is 0. The van der Waals surface area contributed by atoms with Gasteiger partial charge in [-0.1, -0.05) is 6.07 Å². The Morgan fingerprint density at radius 2 is 1.89 bits per heavy atom. The minimum absolute atomic E-state index is 0.237. The van der Waals surface area contributed by atoms with E-state index in [2.05, 4.69) is 11.1 Å². The van der Waals surface area contributed by atoms with Crippen molar-refractivity contribution in [1.29, 1.82) is 0 Å². The molecule has 1 heterocycles. The van der Waals surface area contributed by atoms with Gasteiger partial charge in [0, 0.05) is 18.2 Å². The molecule has 0 aromatic carbocycles. The lowest BCUT2D eigenvalue weighted by Crippen LogP contribution is -2.24. The number of pyridine rings is 1. The maximum atomic E-state index is 10.7. The molecular weight excluding hydrogens is 226 g/mol. The predicted octanol–water partition coefficient (Wildman–Crippen LogP) is 3.10. The fraction of sp³-hybridized carbons (Fsp3) is 0.600. The molecule has 3 rings (SSSR count). The lowest BCUT2D eigenvalue weighted by molar-refractivity contribution is -0.112. The summed E-state index contributed by atoms with van der Waals surface area (Å²) < 4.78 is 5.88. The number of aromatic nitrogens is 1. The van der Waals surface area contributed by atoms with Gasteiger partial charge in [0.05, 0.1) is 0 Å². The van der Waals surface area contributed by atoms with Crippen molar-refractivity contribution in [2.45, 2.75) is 50.5 Å². The van der Waals surface area contributed by atoms with Gasteiger partial charge < -0.3 is 9.53 Å². The molecule has 0 atom stereocenters. The van der Waals surface area contributed by atoms with Crippen molar-refractivity contribution in [1.82, 2.24) is 4.98 Å². The van der Waals surface area contributed by atoms with Crippen LogP contribution >= 0.6 is 0 Å². The Kier molecular flexibility index (Phi) is 3.31. The highest BCUT2D eigenvalue weighted by Crippen LogP contribution is 2.40. The molecule has 96 valence electrons. The first kappa shape index (κ1) is 11.7. The van der Waals surface area contributed by atoms with Gasteiger partial charge in [-0.15, -0.1) is 0 Å². The van der Waals surface area contributed by atoms with Gasteiger partial charge in [0.15, 0.2) is 0 Å². The summed E-state index contributed by atoms with van der Waals surface area (Å²) in [6, 6.07) is 4.12. The Hall–Kier alpha value is -1.38. The van der Waals surface area contributed by atoms with Crippen LogP contribution < -0.4 is 4.74 Å². The highest BCUT2D eigenvalue weighted by atomic mass is 16.5. The molecule has 3 nitrogen and oxygen atoms in total. The molecule has 2 aliphatic rings. The van der Waals surface area contributed by atoms with Crippen molar-refractivity contribution in [3.63, 3.8) is 0 Å². The van der Waals surface area contributed by atoms with Gasteiger partial charge in [0.1, 0.15) is 12.4 Å². The summed E-state index contributed by atoms with van der Waals surface area (Å²) in [5.41, 5.74) is 1.34. The molecule has 0 spiro atoms. The van der Waals surface area contributed by atoms with E-state index in [0.717, 1.165) is 43.8 Å². The molecule has 2 fully saturated rings. The highest BCUT2D eigenvalue weighted by molar-refractivity contribution is 5.53. The Morgan fingerprint density at radius 3 is 2.44 bits per heavy atom. The van der Waals surface area contributed by atoms with Crippen molar-refractivity contribution >= 4 is 6.29 Å². The van der Waals surface area contributed by atoms with Crippen molar-refractivity contribution in [3.05, 3.63) is 23.9 Å². The molecule has 3 heteroatoms. The van der Waals surface area contributed by atoms with Crippen LogP contribution in [-0.4, -0.2) is 17.4 Å². The van der Waals surface area contributed by atoms with Gasteiger partial charge in [-0.3, -0.25) is 0 Å². The van der Waals surface area contributed by atoms with Gasteiger partial charge in [-0.2, -0.15) is 0 Å². The van der Waals surface area contributed by atoms with Crippen molar-refractivity contribution in [2.75, 3.05) is 0 Å². The Labute approximate surface area is 108 Å². The number of hydrogen-bond donors (Lipinski definition) is 0. The van der Waals surface area contributed by atoms with Gasteiger partial charge in [0.25, 0.3) is 0 Å². The summed E-state index contributed by atoms with van der Waals surface area (Å²) in [5, 5.41) is 0. The number of rotatable bonds is 4. The number of hydrogen-bond acceptors (Lipinski definition) is 3. The molecule has 0 unspecified atom stereocenters. The second kappa shape index (κ2) is 5.09. The second-order valence-electron chi connectivity index (χ2n) is 5.49. The number of carbonyl (C=O) groups is 1. The third kappa shape index (κ3) is 2.71. The van der Waals surface area contributed by atoms with Crippen LogP contribution in [0, 0.1) is 5.92 Å². The Balaban J connectivity index is 1.54. The zero-order valence-corrected chi connectivity index (χ0v) is 10.5. The van der Waals surface area contributed by atoms with Crippen LogP contribution in [0.5, 0.6) is 5.88 Å². The van der Waals surface area contributed by atoms with E-state index >= 15 is 0 Å². The zero-order valence-electron chi connectivity index (χ0n) is 10.5. The number of nitrogens with zero attached hydrogens (tertiary/aromatic N) is 1. The number of ether oxygens (including phenoxy) is 1. The largest absolute Gasteiger partial charge is 0.474 e. The molecular formula is C15H19NO2. The topological polar surface area (TPSA) is 39.2 Å². The molecule has 0 saturated heterocycles. The molecule has 1 aromatic heterocycles. The molecule has 0 bridgehead atoms. The third-order valence-electron chi connectivity index (χ3n) is 4.01. The van der Waals surface area contributed by atoms with Gasteiger partial charge in [-0.05, 0) is 50.0 Å². The fourth-order valence-electron chi connectivity index (χ4n) is 2.63. The van der Waals surface area contributed by atoms with Gasteiger partial charge in [-0.25, -0.2) is 4.98 Å². The smallest absolute Gasteiger partial charge is 0.213 e. The predicted molar refractivity (Wildman–Crippen MR) is 68.7 cm³/mol. The lowest BCUT2D eigenvalue weighted by atomic mass is 9.88. The van der Waals surface area contributed by atoms with Gasteiger partial charge >= 0.3 is 0 Å². The summed E-state index contributed by atoms with van der Waals surface area (Å²) in [4.78, 5) is 15.1. The van der Waals surface area contributed by atoms with Crippen LogP contribution in [0.4, 0.5) is 0 Å². The standard InChI is InChI=1S/C15H19NO2/c17-10-11-1-6-14(7-2-11)18-15-8-5-13(9-16-15)12-3-4-12/h5,8-12,14H,1-4,6-7H2. The van der Waals surface area contributed by atoms with Crippen molar-refractivity contribution < 1.29 is 9.53 Å². The van der Waals surface area contributed by atoms with Crippen LogP contribution in [0.15, 0.2) is 18.3 Å². The average molecular weight is 245 g/mol. The van der Waals surface area contributed by atoms with Crippen LogP contribution in [-0.2, 0) is 4.79 Å². The Bertz CT molecular complexity index is 403. The molecule has 1 aromatic rings. The minimum atomic E-state index is 0.237. The van der Waals surface area contributed by atoms with Crippen molar-refractivity contribution in [2.24, 2.45) is 5.92 Å². The third-order valence-corrected chi connectivity index (χ3v) is 4.01. The normalized spacial score (nSPS) is 27.8. The first-order valence-electron chi connectivity index (χ1n) is 6.93. The summed E-state index contributed by atoms with van der Waals surface area (Å²) in [6.07, 6.45) is 9.71. The van der Waals surface area contributed by atoms with E-state index in [1.54, 1.807) is 0 Å². The molecule has 0 radical (unpaired) electrons. The SMILES string of the molecule is O=CC1CCC(Oc2ccc(C3CC3)cn2)CC1. The maximum Gasteiger partial charge on any atom is 0.213 e. The molecule has 18 heavy (non-hydrogen) atoms. The zero-order chi connectivity index (χ0) is 12.4. The van der Waals surface area contributed by atoms with E-state index < -0.39 is 0 Å². The number of aldehydes is 1. The molecule has 2 aliphatic carbocycles. The van der Waals surface area contributed by atoms with Crippen LogP contribution in [0.2, 0.25) is 0 Å². The molecule has 0 aliphatic heterocycles. The van der Waals surface area contributed by atoms with Gasteiger partial charge in [0.2, 0.25) is 5.88 Å². The Morgan fingerprint density at radius 1 is 1.11 bits per heavy atom. The van der Waals surface area contributed by atoms with Crippen LogP contribution in [0.3, 0.4) is 0 Å². The summed E-state index contributed by atoms with van der Waals surface area (Å²) in [5.74, 6) is 1.72. The highest BCUT2D eigenvalue weighted by Gasteiger charge is 2.24. The first-order chi connectivity index (χ1) is 8.85. The van der Waals surface area contributed by atoms with E-state index in [4.69, 9.17) is 4.74 Å². The van der Waals surface area contributed by atoms with E-state index in [1.165, 1.54) is 18.4 Å².